The fourth-order valence-corrected chi connectivity index (χ4v) is 4.85. The number of carbonyl (C=O) groups is 1. The Morgan fingerprint density at radius 2 is 1.66 bits per heavy atom. The third-order valence-electron chi connectivity index (χ3n) is 5.18. The van der Waals surface area contributed by atoms with Crippen molar-refractivity contribution in [3.8, 4) is 11.5 Å². The summed E-state index contributed by atoms with van der Waals surface area (Å²) in [5, 5.41) is 2.57. The number of nitrogens with one attached hydrogen (secondary N) is 1. The molecule has 0 aromatic heterocycles. The molecule has 0 fully saturated rings. The zero-order valence-corrected chi connectivity index (χ0v) is 19.3. The first kappa shape index (κ1) is 24.4. The Kier molecular flexibility index (Phi) is 6.62. The summed E-state index contributed by atoms with van der Waals surface area (Å²) in [6.07, 6.45) is -4.69. The van der Waals surface area contributed by atoms with Gasteiger partial charge in [0.05, 0.1) is 16.1 Å². The van der Waals surface area contributed by atoms with E-state index in [4.69, 9.17) is 9.47 Å². The SMILES string of the molecule is Cc1ccc(S(=O)(=O)N(CC(=O)Nc2ccc3c(c2)OCCO3)c2cccc(C(F)(F)F)c2)cc1. The van der Waals surface area contributed by atoms with Crippen molar-refractivity contribution in [2.75, 3.05) is 29.4 Å². The Morgan fingerprint density at radius 1 is 0.971 bits per heavy atom. The van der Waals surface area contributed by atoms with Gasteiger partial charge in [-0.05, 0) is 49.4 Å². The second-order valence-electron chi connectivity index (χ2n) is 7.78. The van der Waals surface area contributed by atoms with E-state index in [0.717, 1.165) is 17.7 Å². The van der Waals surface area contributed by atoms with Gasteiger partial charge in [-0.15, -0.1) is 0 Å². The minimum absolute atomic E-state index is 0.160. The predicted molar refractivity (Wildman–Crippen MR) is 123 cm³/mol. The van der Waals surface area contributed by atoms with Crippen LogP contribution in [0.2, 0.25) is 0 Å². The largest absolute Gasteiger partial charge is 0.486 e. The Labute approximate surface area is 200 Å². The Balaban J connectivity index is 1.66. The van der Waals surface area contributed by atoms with Crippen LogP contribution in [-0.4, -0.2) is 34.1 Å². The molecule has 0 spiro atoms. The van der Waals surface area contributed by atoms with Crippen LogP contribution in [0.5, 0.6) is 11.5 Å². The van der Waals surface area contributed by atoms with Gasteiger partial charge in [-0.2, -0.15) is 13.2 Å². The van der Waals surface area contributed by atoms with E-state index in [2.05, 4.69) is 5.32 Å². The number of anilines is 2. The van der Waals surface area contributed by atoms with E-state index < -0.39 is 34.2 Å². The monoisotopic (exact) mass is 506 g/mol. The highest BCUT2D eigenvalue weighted by atomic mass is 32.2. The Morgan fingerprint density at radius 3 is 2.34 bits per heavy atom. The van der Waals surface area contributed by atoms with Crippen molar-refractivity contribution in [1.82, 2.24) is 0 Å². The first-order chi connectivity index (χ1) is 16.5. The third-order valence-corrected chi connectivity index (χ3v) is 6.97. The van der Waals surface area contributed by atoms with Crippen LogP contribution in [0, 0.1) is 6.92 Å². The second kappa shape index (κ2) is 9.49. The van der Waals surface area contributed by atoms with Crippen LogP contribution in [-0.2, 0) is 21.0 Å². The molecule has 0 saturated heterocycles. The quantitative estimate of drug-likeness (QED) is 0.528. The molecule has 1 N–H and O–H groups in total. The average molecular weight is 507 g/mol. The van der Waals surface area contributed by atoms with Gasteiger partial charge in [-0.1, -0.05) is 23.8 Å². The number of rotatable bonds is 6. The lowest BCUT2D eigenvalue weighted by Gasteiger charge is -2.25. The molecule has 3 aromatic carbocycles. The van der Waals surface area contributed by atoms with Gasteiger partial charge in [0.1, 0.15) is 19.8 Å². The highest BCUT2D eigenvalue weighted by Gasteiger charge is 2.33. The van der Waals surface area contributed by atoms with Gasteiger partial charge in [-0.3, -0.25) is 9.10 Å². The molecule has 35 heavy (non-hydrogen) atoms. The van der Waals surface area contributed by atoms with Crippen molar-refractivity contribution in [3.05, 3.63) is 77.9 Å². The minimum atomic E-state index is -4.69. The van der Waals surface area contributed by atoms with Crippen LogP contribution in [0.15, 0.2) is 71.6 Å². The highest BCUT2D eigenvalue weighted by Crippen LogP contribution is 2.34. The van der Waals surface area contributed by atoms with Crippen molar-refractivity contribution >= 4 is 27.3 Å². The third kappa shape index (κ3) is 5.51. The molecule has 0 atom stereocenters. The van der Waals surface area contributed by atoms with E-state index in [0.29, 0.717) is 40.8 Å². The maximum Gasteiger partial charge on any atom is 0.416 e. The number of hydrogen-bond acceptors (Lipinski definition) is 5. The molecule has 184 valence electrons. The molecule has 11 heteroatoms. The molecule has 0 radical (unpaired) electrons. The standard InChI is InChI=1S/C24H21F3N2O5S/c1-16-5-8-20(9-6-16)35(31,32)29(19-4-2-3-17(13-19)24(25,26)27)15-23(30)28-18-7-10-21-22(14-18)34-12-11-33-21/h2-10,13-14H,11-12,15H2,1H3,(H,28,30). The lowest BCUT2D eigenvalue weighted by Crippen LogP contribution is -2.38. The summed E-state index contributed by atoms with van der Waals surface area (Å²) in [6.45, 7) is 1.73. The number of ether oxygens (including phenoxy) is 2. The van der Waals surface area contributed by atoms with Crippen molar-refractivity contribution in [2.45, 2.75) is 18.0 Å². The maximum atomic E-state index is 13.4. The summed E-state index contributed by atoms with van der Waals surface area (Å²) < 4.78 is 78.3. The fourth-order valence-electron chi connectivity index (χ4n) is 3.44. The number of aryl methyl sites for hydroxylation is 1. The van der Waals surface area contributed by atoms with E-state index in [1.165, 1.54) is 24.3 Å². The number of hydrogen-bond donors (Lipinski definition) is 1. The zero-order chi connectivity index (χ0) is 25.2. The number of alkyl halides is 3. The molecule has 1 aliphatic heterocycles. The van der Waals surface area contributed by atoms with E-state index in [9.17, 15) is 26.4 Å². The highest BCUT2D eigenvalue weighted by molar-refractivity contribution is 7.92. The molecule has 0 bridgehead atoms. The van der Waals surface area contributed by atoms with Crippen LogP contribution in [0.1, 0.15) is 11.1 Å². The van der Waals surface area contributed by atoms with Crippen LogP contribution in [0.4, 0.5) is 24.5 Å². The van der Waals surface area contributed by atoms with Crippen molar-refractivity contribution in [3.63, 3.8) is 0 Å². The van der Waals surface area contributed by atoms with Crippen molar-refractivity contribution < 1.29 is 35.9 Å². The van der Waals surface area contributed by atoms with E-state index >= 15 is 0 Å². The van der Waals surface area contributed by atoms with Crippen molar-refractivity contribution in [2.24, 2.45) is 0 Å². The molecular formula is C24H21F3N2O5S. The molecule has 1 aliphatic rings. The molecule has 0 aliphatic carbocycles. The van der Waals surface area contributed by atoms with Gasteiger partial charge >= 0.3 is 6.18 Å². The molecule has 0 unspecified atom stereocenters. The number of fused-ring (bicyclic) bond motifs is 1. The molecule has 1 amide bonds. The van der Waals surface area contributed by atoms with E-state index in [1.807, 2.05) is 0 Å². The fraction of sp³-hybridized carbons (Fsp3) is 0.208. The summed E-state index contributed by atoms with van der Waals surface area (Å²) in [5.41, 5.74) is -0.217. The normalized spacial score (nSPS) is 13.3. The molecule has 1 heterocycles. The summed E-state index contributed by atoms with van der Waals surface area (Å²) >= 11 is 0. The number of benzene rings is 3. The van der Waals surface area contributed by atoms with E-state index in [-0.39, 0.29) is 10.6 Å². The van der Waals surface area contributed by atoms with Crippen molar-refractivity contribution in [1.29, 1.82) is 0 Å². The number of amides is 1. The number of nitrogens with zero attached hydrogens (tertiary/aromatic N) is 1. The summed E-state index contributed by atoms with van der Waals surface area (Å²) in [7, 11) is -4.37. The van der Waals surface area contributed by atoms with Crippen LogP contribution in [0.3, 0.4) is 0 Å². The van der Waals surface area contributed by atoms with E-state index in [1.54, 1.807) is 31.2 Å². The van der Waals surface area contributed by atoms with Gasteiger partial charge in [0.15, 0.2) is 11.5 Å². The molecular weight excluding hydrogens is 485 g/mol. The zero-order valence-electron chi connectivity index (χ0n) is 18.5. The average Bonchev–Trinajstić information content (AvgIpc) is 2.82. The van der Waals surface area contributed by atoms with Crippen LogP contribution in [0.25, 0.3) is 0 Å². The summed E-state index contributed by atoms with van der Waals surface area (Å²) in [6, 6.07) is 14.3. The van der Waals surface area contributed by atoms with Gasteiger partial charge in [0.25, 0.3) is 10.0 Å². The van der Waals surface area contributed by atoms with Gasteiger partial charge in [0, 0.05) is 11.8 Å². The number of sulfonamides is 1. The maximum absolute atomic E-state index is 13.4. The smallest absolute Gasteiger partial charge is 0.416 e. The van der Waals surface area contributed by atoms with Gasteiger partial charge in [0.2, 0.25) is 5.91 Å². The molecule has 3 aromatic rings. The second-order valence-corrected chi connectivity index (χ2v) is 9.64. The van der Waals surface area contributed by atoms with Gasteiger partial charge in [-0.25, -0.2) is 8.42 Å². The number of carbonyl (C=O) groups excluding carboxylic acids is 1. The molecule has 0 saturated carbocycles. The first-order valence-electron chi connectivity index (χ1n) is 10.5. The van der Waals surface area contributed by atoms with Crippen LogP contribution < -0.4 is 19.1 Å². The lowest BCUT2D eigenvalue weighted by atomic mass is 10.2. The Bertz CT molecular complexity index is 1340. The summed E-state index contributed by atoms with van der Waals surface area (Å²) in [4.78, 5) is 12.7. The topological polar surface area (TPSA) is 84.9 Å². The summed E-state index contributed by atoms with van der Waals surface area (Å²) in [5.74, 6) is 0.160. The molecule has 7 nitrogen and oxygen atoms in total. The first-order valence-corrected chi connectivity index (χ1v) is 11.9. The number of halogens is 3. The minimum Gasteiger partial charge on any atom is -0.486 e. The molecule has 4 rings (SSSR count). The Hall–Kier alpha value is -3.73. The lowest BCUT2D eigenvalue weighted by molar-refractivity contribution is -0.137. The van der Waals surface area contributed by atoms with Gasteiger partial charge < -0.3 is 14.8 Å². The predicted octanol–water partition coefficient (Wildman–Crippen LogP) is 4.62. The van der Waals surface area contributed by atoms with Crippen LogP contribution >= 0.6 is 0 Å².